The van der Waals surface area contributed by atoms with Crippen molar-refractivity contribution in [2.24, 2.45) is 0 Å². The zero-order valence-corrected chi connectivity index (χ0v) is 11.4. The van der Waals surface area contributed by atoms with Gasteiger partial charge < -0.3 is 14.8 Å². The first-order chi connectivity index (χ1) is 8.83. The van der Waals surface area contributed by atoms with Crippen LogP contribution < -0.4 is 10.1 Å². The van der Waals surface area contributed by atoms with Crippen molar-refractivity contribution in [2.45, 2.75) is 26.4 Å². The van der Waals surface area contributed by atoms with Gasteiger partial charge in [-0.3, -0.25) is 4.79 Å². The number of rotatable bonds is 4. The van der Waals surface area contributed by atoms with Crippen LogP contribution >= 0.6 is 0 Å². The van der Waals surface area contributed by atoms with E-state index in [0.29, 0.717) is 0 Å². The minimum Gasteiger partial charge on any atom is -0.464 e. The highest BCUT2D eigenvalue weighted by molar-refractivity contribution is 5.94. The molecule has 7 heteroatoms. The zero-order valence-electron chi connectivity index (χ0n) is 11.4. The lowest BCUT2D eigenvalue weighted by atomic mass is 10.2. The van der Waals surface area contributed by atoms with Gasteiger partial charge in [-0.15, -0.1) is 0 Å². The molecular weight excluding hydrogens is 250 g/mol. The second kappa shape index (κ2) is 6.12. The molecule has 19 heavy (non-hydrogen) atoms. The van der Waals surface area contributed by atoms with Gasteiger partial charge in [-0.05, 0) is 20.8 Å². The van der Waals surface area contributed by atoms with Gasteiger partial charge in [0.2, 0.25) is 5.88 Å². The van der Waals surface area contributed by atoms with Crippen LogP contribution in [0.15, 0.2) is 12.4 Å². The fraction of sp³-hybridized carbons (Fsp3) is 0.500. The van der Waals surface area contributed by atoms with E-state index in [9.17, 15) is 9.59 Å². The summed E-state index contributed by atoms with van der Waals surface area (Å²) < 4.78 is 10.2. The maximum absolute atomic E-state index is 11.5. The van der Waals surface area contributed by atoms with Crippen molar-refractivity contribution < 1.29 is 19.1 Å². The molecule has 0 aliphatic rings. The Balaban J connectivity index is 2.68. The highest BCUT2D eigenvalue weighted by Crippen LogP contribution is 2.12. The Bertz CT molecular complexity index is 468. The number of hydrogen-bond acceptors (Lipinski definition) is 6. The number of carbonyl (C=O) groups is 2. The Labute approximate surface area is 111 Å². The van der Waals surface area contributed by atoms with Crippen molar-refractivity contribution >= 4 is 11.9 Å². The van der Waals surface area contributed by atoms with Crippen LogP contribution in [0.2, 0.25) is 0 Å². The molecular formula is C12H17N3O4. The normalized spacial score (nSPS) is 10.7. The molecule has 1 amide bonds. The maximum Gasteiger partial charge on any atom is 0.344 e. The molecule has 1 aromatic rings. The average molecular weight is 267 g/mol. The molecule has 1 aromatic heterocycles. The summed E-state index contributed by atoms with van der Waals surface area (Å²) in [4.78, 5) is 30.7. The molecule has 1 heterocycles. The zero-order chi connectivity index (χ0) is 14.5. The van der Waals surface area contributed by atoms with E-state index in [0.717, 1.165) is 0 Å². The number of nitrogens with one attached hydrogen (secondary N) is 1. The van der Waals surface area contributed by atoms with Crippen molar-refractivity contribution in [2.75, 3.05) is 13.7 Å². The van der Waals surface area contributed by atoms with Crippen molar-refractivity contribution in [3.63, 3.8) is 0 Å². The lowest BCUT2D eigenvalue weighted by molar-refractivity contribution is -0.157. The number of esters is 1. The highest BCUT2D eigenvalue weighted by atomic mass is 16.6. The minimum atomic E-state index is -0.591. The SMILES string of the molecule is CNC(=O)c1nccnc1OCC(=O)OC(C)(C)C. The van der Waals surface area contributed by atoms with Gasteiger partial charge >= 0.3 is 5.97 Å². The van der Waals surface area contributed by atoms with Crippen LogP contribution in [0, 0.1) is 0 Å². The summed E-state index contributed by atoms with van der Waals surface area (Å²) in [6.45, 7) is 4.93. The van der Waals surface area contributed by atoms with E-state index in [4.69, 9.17) is 9.47 Å². The van der Waals surface area contributed by atoms with E-state index >= 15 is 0 Å². The first-order valence-electron chi connectivity index (χ1n) is 5.71. The quantitative estimate of drug-likeness (QED) is 0.801. The lowest BCUT2D eigenvalue weighted by Crippen LogP contribution is -2.28. The molecule has 0 fully saturated rings. The highest BCUT2D eigenvalue weighted by Gasteiger charge is 2.19. The van der Waals surface area contributed by atoms with E-state index in [1.165, 1.54) is 19.4 Å². The Hall–Kier alpha value is -2.18. The molecule has 0 atom stereocenters. The molecule has 1 rings (SSSR count). The molecule has 0 aliphatic carbocycles. The van der Waals surface area contributed by atoms with Gasteiger partial charge in [0.15, 0.2) is 12.3 Å². The number of ether oxygens (including phenoxy) is 2. The van der Waals surface area contributed by atoms with Gasteiger partial charge in [0, 0.05) is 19.4 Å². The van der Waals surface area contributed by atoms with Crippen LogP contribution in [-0.4, -0.2) is 41.1 Å². The van der Waals surface area contributed by atoms with Crippen LogP contribution in [0.25, 0.3) is 0 Å². The third-order valence-corrected chi connectivity index (χ3v) is 1.85. The maximum atomic E-state index is 11.5. The predicted octanol–water partition coefficient (Wildman–Crippen LogP) is 0.557. The Morgan fingerprint density at radius 2 is 1.89 bits per heavy atom. The number of aromatic nitrogens is 2. The number of amides is 1. The number of carbonyl (C=O) groups excluding carboxylic acids is 2. The Kier molecular flexibility index (Phi) is 4.80. The lowest BCUT2D eigenvalue weighted by Gasteiger charge is -2.19. The fourth-order valence-electron chi connectivity index (χ4n) is 1.20. The molecule has 0 saturated heterocycles. The van der Waals surface area contributed by atoms with Crippen molar-refractivity contribution in [3.05, 3.63) is 18.1 Å². The van der Waals surface area contributed by atoms with Crippen LogP contribution in [-0.2, 0) is 9.53 Å². The van der Waals surface area contributed by atoms with Gasteiger partial charge in [0.05, 0.1) is 0 Å². The van der Waals surface area contributed by atoms with Crippen LogP contribution in [0.3, 0.4) is 0 Å². The number of nitrogens with zero attached hydrogens (tertiary/aromatic N) is 2. The van der Waals surface area contributed by atoms with Gasteiger partial charge in [-0.25, -0.2) is 14.8 Å². The molecule has 0 bridgehead atoms. The molecule has 0 aliphatic heterocycles. The summed E-state index contributed by atoms with van der Waals surface area (Å²) in [5.41, 5.74) is -0.569. The summed E-state index contributed by atoms with van der Waals surface area (Å²) >= 11 is 0. The van der Waals surface area contributed by atoms with E-state index < -0.39 is 17.5 Å². The first kappa shape index (κ1) is 14.9. The Morgan fingerprint density at radius 1 is 1.26 bits per heavy atom. The van der Waals surface area contributed by atoms with Crippen molar-refractivity contribution in [3.8, 4) is 5.88 Å². The predicted molar refractivity (Wildman–Crippen MR) is 66.8 cm³/mol. The van der Waals surface area contributed by atoms with Crippen molar-refractivity contribution in [1.82, 2.24) is 15.3 Å². The third-order valence-electron chi connectivity index (χ3n) is 1.85. The molecule has 0 aromatic carbocycles. The van der Waals surface area contributed by atoms with E-state index in [2.05, 4.69) is 15.3 Å². The average Bonchev–Trinajstić information content (AvgIpc) is 2.33. The Morgan fingerprint density at radius 3 is 2.47 bits per heavy atom. The second-order valence-electron chi connectivity index (χ2n) is 4.66. The standard InChI is InChI=1S/C12H17N3O4/c1-12(2,3)19-8(16)7-18-11-9(10(17)13-4)14-5-6-15-11/h5-6H,7H2,1-4H3,(H,13,17). The molecule has 0 spiro atoms. The van der Waals surface area contributed by atoms with Crippen LogP contribution in [0.1, 0.15) is 31.3 Å². The van der Waals surface area contributed by atoms with Crippen LogP contribution in [0.4, 0.5) is 0 Å². The summed E-state index contributed by atoms with van der Waals surface area (Å²) in [7, 11) is 1.47. The molecule has 7 nitrogen and oxygen atoms in total. The van der Waals surface area contributed by atoms with Crippen molar-refractivity contribution in [1.29, 1.82) is 0 Å². The van der Waals surface area contributed by atoms with E-state index in [1.807, 2.05) is 0 Å². The summed E-state index contributed by atoms with van der Waals surface area (Å²) in [5, 5.41) is 2.41. The summed E-state index contributed by atoms with van der Waals surface area (Å²) in [6, 6.07) is 0. The molecule has 0 saturated carbocycles. The van der Waals surface area contributed by atoms with E-state index in [-0.39, 0.29) is 18.2 Å². The molecule has 0 unspecified atom stereocenters. The molecule has 0 radical (unpaired) electrons. The van der Waals surface area contributed by atoms with Gasteiger partial charge in [-0.1, -0.05) is 0 Å². The smallest absolute Gasteiger partial charge is 0.344 e. The van der Waals surface area contributed by atoms with Gasteiger partial charge in [0.25, 0.3) is 5.91 Å². The topological polar surface area (TPSA) is 90.4 Å². The van der Waals surface area contributed by atoms with Gasteiger partial charge in [-0.2, -0.15) is 0 Å². The largest absolute Gasteiger partial charge is 0.464 e. The molecule has 104 valence electrons. The summed E-state index contributed by atoms with van der Waals surface area (Å²) in [5.74, 6) is -0.985. The first-order valence-corrected chi connectivity index (χ1v) is 5.71. The molecule has 1 N–H and O–H groups in total. The third kappa shape index (κ3) is 4.90. The number of hydrogen-bond donors (Lipinski definition) is 1. The monoisotopic (exact) mass is 267 g/mol. The second-order valence-corrected chi connectivity index (χ2v) is 4.66. The summed E-state index contributed by atoms with van der Waals surface area (Å²) in [6.07, 6.45) is 2.74. The van der Waals surface area contributed by atoms with Crippen LogP contribution in [0.5, 0.6) is 5.88 Å². The van der Waals surface area contributed by atoms with Gasteiger partial charge in [0.1, 0.15) is 5.60 Å². The fourth-order valence-corrected chi connectivity index (χ4v) is 1.20. The van der Waals surface area contributed by atoms with E-state index in [1.54, 1.807) is 20.8 Å². The minimum absolute atomic E-state index is 0.00675.